The van der Waals surface area contributed by atoms with Crippen molar-refractivity contribution < 1.29 is 9.53 Å². The van der Waals surface area contributed by atoms with E-state index in [1.165, 1.54) is 35.8 Å². The van der Waals surface area contributed by atoms with Crippen LogP contribution in [0.4, 0.5) is 5.95 Å². The van der Waals surface area contributed by atoms with Crippen LogP contribution in [-0.4, -0.2) is 49.2 Å². The van der Waals surface area contributed by atoms with Crippen molar-refractivity contribution >= 4 is 35.0 Å². The van der Waals surface area contributed by atoms with Crippen molar-refractivity contribution in [1.29, 1.82) is 0 Å². The molecule has 1 atom stereocenters. The van der Waals surface area contributed by atoms with Crippen LogP contribution in [0.3, 0.4) is 0 Å². The number of tetrazole rings is 1. The van der Waals surface area contributed by atoms with Crippen molar-refractivity contribution in [3.8, 4) is 10.6 Å². The van der Waals surface area contributed by atoms with Gasteiger partial charge in [0.1, 0.15) is 11.0 Å². The van der Waals surface area contributed by atoms with E-state index in [-0.39, 0.29) is 0 Å². The van der Waals surface area contributed by atoms with Crippen LogP contribution in [0.5, 0.6) is 0 Å². The Morgan fingerprint density at radius 1 is 1.11 bits per heavy atom. The molecule has 178 valence electrons. The molecule has 0 aliphatic carbocycles. The van der Waals surface area contributed by atoms with Crippen molar-refractivity contribution in [1.82, 2.24) is 30.4 Å². The van der Waals surface area contributed by atoms with Gasteiger partial charge in [-0.3, -0.25) is 0 Å². The first-order valence-corrected chi connectivity index (χ1v) is 12.8. The van der Waals surface area contributed by atoms with Crippen LogP contribution in [0.1, 0.15) is 36.9 Å². The number of esters is 1. The van der Waals surface area contributed by atoms with Crippen molar-refractivity contribution in [2.24, 2.45) is 0 Å². The third kappa shape index (κ3) is 4.69. The van der Waals surface area contributed by atoms with E-state index >= 15 is 0 Å². The highest BCUT2D eigenvalue weighted by atomic mass is 32.2. The number of anilines is 1. The minimum absolute atomic E-state index is 0.399. The monoisotopic (exact) mass is 505 g/mol. The predicted molar refractivity (Wildman–Crippen MR) is 135 cm³/mol. The number of ether oxygens (including phenoxy) is 1. The van der Waals surface area contributed by atoms with E-state index in [1.807, 2.05) is 42.5 Å². The lowest BCUT2D eigenvalue weighted by Gasteiger charge is -2.28. The zero-order valence-corrected chi connectivity index (χ0v) is 21.0. The molecule has 0 bridgehead atoms. The predicted octanol–water partition coefficient (Wildman–Crippen LogP) is 4.55. The Labute approximate surface area is 210 Å². The van der Waals surface area contributed by atoms with Crippen LogP contribution in [0.25, 0.3) is 10.6 Å². The highest BCUT2D eigenvalue weighted by Crippen LogP contribution is 2.38. The fourth-order valence-corrected chi connectivity index (χ4v) is 5.69. The molecule has 0 radical (unpaired) electrons. The quantitative estimate of drug-likeness (QED) is 0.286. The summed E-state index contributed by atoms with van der Waals surface area (Å²) in [6, 6.07) is 17.6. The number of nitrogens with zero attached hydrogens (tertiary/aromatic N) is 6. The van der Waals surface area contributed by atoms with Gasteiger partial charge in [0, 0.05) is 17.0 Å². The summed E-state index contributed by atoms with van der Waals surface area (Å²) in [4.78, 5) is 13.0. The third-order valence-corrected chi connectivity index (χ3v) is 7.82. The number of aromatic nitrogens is 6. The van der Waals surface area contributed by atoms with Gasteiger partial charge >= 0.3 is 5.97 Å². The second kappa shape index (κ2) is 9.96. The summed E-state index contributed by atoms with van der Waals surface area (Å²) >= 11 is 3.00. The lowest BCUT2D eigenvalue weighted by molar-refractivity contribution is -0.136. The molecule has 2 aromatic carbocycles. The molecular formula is C24H23N7O2S2. The van der Waals surface area contributed by atoms with Crippen molar-refractivity contribution in [3.05, 3.63) is 77.0 Å². The molecule has 1 aliphatic rings. The van der Waals surface area contributed by atoms with E-state index in [0.717, 1.165) is 20.5 Å². The van der Waals surface area contributed by atoms with Crippen LogP contribution in [0.2, 0.25) is 0 Å². The first-order valence-electron chi connectivity index (χ1n) is 11.0. The minimum Gasteiger partial charge on any atom is -0.466 e. The molecule has 1 unspecified atom stereocenters. The SMILES string of the molecule is COC(=O)C1=C(CSc2nnc(-c3ccccc3)s2)Nc2nnnn2C1c1ccc(C(C)C)cc1. The summed E-state index contributed by atoms with van der Waals surface area (Å²) in [6.45, 7) is 4.29. The summed E-state index contributed by atoms with van der Waals surface area (Å²) in [6.07, 6.45) is 0. The molecule has 35 heavy (non-hydrogen) atoms. The van der Waals surface area contributed by atoms with Crippen LogP contribution < -0.4 is 5.32 Å². The average molecular weight is 506 g/mol. The lowest BCUT2D eigenvalue weighted by Crippen LogP contribution is -2.31. The first kappa shape index (κ1) is 23.2. The zero-order valence-electron chi connectivity index (χ0n) is 19.4. The molecule has 4 aromatic rings. The Balaban J connectivity index is 1.48. The van der Waals surface area contributed by atoms with E-state index < -0.39 is 12.0 Å². The van der Waals surface area contributed by atoms with Crippen molar-refractivity contribution in [3.63, 3.8) is 0 Å². The summed E-state index contributed by atoms with van der Waals surface area (Å²) in [5, 5.41) is 24.8. The molecule has 0 saturated heterocycles. The smallest absolute Gasteiger partial charge is 0.338 e. The molecule has 0 amide bonds. The maximum atomic E-state index is 13.0. The second-order valence-electron chi connectivity index (χ2n) is 8.21. The topological polar surface area (TPSA) is 108 Å². The van der Waals surface area contributed by atoms with Crippen molar-refractivity contribution in [2.45, 2.75) is 30.1 Å². The van der Waals surface area contributed by atoms with Gasteiger partial charge in [0.2, 0.25) is 5.95 Å². The van der Waals surface area contributed by atoms with E-state index in [2.05, 4.69) is 57.0 Å². The molecule has 3 heterocycles. The Kier molecular flexibility index (Phi) is 6.60. The normalized spacial score (nSPS) is 15.1. The summed E-state index contributed by atoms with van der Waals surface area (Å²) in [5.41, 5.74) is 4.27. The number of rotatable bonds is 7. The van der Waals surface area contributed by atoms with Gasteiger partial charge in [-0.2, -0.15) is 4.68 Å². The number of carbonyl (C=O) groups is 1. The zero-order chi connectivity index (χ0) is 24.4. The number of methoxy groups -OCH3 is 1. The molecule has 0 fully saturated rings. The molecule has 9 nitrogen and oxygen atoms in total. The molecule has 1 N–H and O–H groups in total. The van der Waals surface area contributed by atoms with Gasteiger partial charge in [-0.15, -0.1) is 10.2 Å². The number of nitrogens with one attached hydrogen (secondary N) is 1. The fourth-order valence-electron chi connectivity index (χ4n) is 3.87. The molecule has 0 spiro atoms. The van der Waals surface area contributed by atoms with Gasteiger partial charge in [0.15, 0.2) is 4.34 Å². The van der Waals surface area contributed by atoms with Crippen molar-refractivity contribution in [2.75, 3.05) is 18.2 Å². The third-order valence-electron chi connectivity index (χ3n) is 5.69. The largest absolute Gasteiger partial charge is 0.466 e. The number of carbonyl (C=O) groups excluding carboxylic acids is 1. The van der Waals surface area contributed by atoms with E-state index in [4.69, 9.17) is 4.74 Å². The molecule has 0 saturated carbocycles. The van der Waals surface area contributed by atoms with Gasteiger partial charge in [-0.25, -0.2) is 4.79 Å². The Hall–Kier alpha value is -3.57. The molecular weight excluding hydrogens is 482 g/mol. The van der Waals surface area contributed by atoms with Gasteiger partial charge in [0.25, 0.3) is 0 Å². The number of hydrogen-bond acceptors (Lipinski definition) is 10. The highest BCUT2D eigenvalue weighted by molar-refractivity contribution is 8.01. The van der Waals surface area contributed by atoms with Gasteiger partial charge in [0.05, 0.1) is 12.7 Å². The Morgan fingerprint density at radius 3 is 2.60 bits per heavy atom. The van der Waals surface area contributed by atoms with Crippen LogP contribution >= 0.6 is 23.1 Å². The maximum absolute atomic E-state index is 13.0. The Bertz CT molecular complexity index is 1360. The molecule has 2 aromatic heterocycles. The maximum Gasteiger partial charge on any atom is 0.338 e. The first-order chi connectivity index (χ1) is 17.0. The van der Waals surface area contributed by atoms with Crippen LogP contribution in [-0.2, 0) is 9.53 Å². The fraction of sp³-hybridized carbons (Fsp3) is 0.250. The molecule has 1 aliphatic heterocycles. The second-order valence-corrected chi connectivity index (χ2v) is 10.4. The van der Waals surface area contributed by atoms with E-state index in [0.29, 0.717) is 28.9 Å². The minimum atomic E-state index is -0.514. The summed E-state index contributed by atoms with van der Waals surface area (Å²) in [7, 11) is 1.38. The van der Waals surface area contributed by atoms with E-state index in [1.54, 1.807) is 4.68 Å². The summed E-state index contributed by atoms with van der Waals surface area (Å²) < 4.78 is 7.60. The lowest BCUT2D eigenvalue weighted by atomic mass is 9.93. The van der Waals surface area contributed by atoms with Crippen LogP contribution in [0.15, 0.2) is 70.2 Å². The highest BCUT2D eigenvalue weighted by Gasteiger charge is 2.36. The average Bonchev–Trinajstić information content (AvgIpc) is 3.56. The van der Waals surface area contributed by atoms with E-state index in [9.17, 15) is 4.79 Å². The number of benzene rings is 2. The summed E-state index contributed by atoms with van der Waals surface area (Å²) in [5.74, 6) is 0.875. The Morgan fingerprint density at radius 2 is 1.89 bits per heavy atom. The molecule has 5 rings (SSSR count). The van der Waals surface area contributed by atoms with Crippen LogP contribution in [0, 0.1) is 0 Å². The number of fused-ring (bicyclic) bond motifs is 1. The molecule has 11 heteroatoms. The van der Waals surface area contributed by atoms with Gasteiger partial charge in [-0.1, -0.05) is 96.6 Å². The van der Waals surface area contributed by atoms with Gasteiger partial charge < -0.3 is 10.1 Å². The number of thioether (sulfide) groups is 1. The standard InChI is InChI=1S/C24H23N7O2S2/c1-14(2)15-9-11-16(12-10-15)20-19(22(32)33-3)18(25-23-27-29-30-31(20)23)13-34-24-28-26-21(35-24)17-7-5-4-6-8-17/h4-12,14,20H,13H2,1-3H3,(H,25,27,30). The number of hydrogen-bond donors (Lipinski definition) is 1. The van der Waals surface area contributed by atoms with Gasteiger partial charge in [-0.05, 0) is 27.5 Å².